The molecule has 0 saturated carbocycles. The van der Waals surface area contributed by atoms with E-state index in [0.717, 1.165) is 37.1 Å². The Kier molecular flexibility index (Phi) is 7.87. The molecule has 0 radical (unpaired) electrons. The van der Waals surface area contributed by atoms with E-state index in [-0.39, 0.29) is 17.2 Å². The lowest BCUT2D eigenvalue weighted by molar-refractivity contribution is -0.126. The van der Waals surface area contributed by atoms with Gasteiger partial charge in [0.2, 0.25) is 5.91 Å². The summed E-state index contributed by atoms with van der Waals surface area (Å²) in [6, 6.07) is 15.3. The monoisotopic (exact) mass is 543 g/mol. The van der Waals surface area contributed by atoms with Crippen LogP contribution in [0.1, 0.15) is 42.1 Å². The Balaban J connectivity index is 1.24. The van der Waals surface area contributed by atoms with Crippen molar-refractivity contribution in [1.29, 1.82) is 0 Å². The number of hydrogen-bond acceptors (Lipinski definition) is 5. The molecule has 2 aromatic carbocycles. The average Bonchev–Trinajstić information content (AvgIpc) is 3.67. The molecule has 2 aliphatic rings. The van der Waals surface area contributed by atoms with Crippen LogP contribution in [-0.4, -0.2) is 73.7 Å². The summed E-state index contributed by atoms with van der Waals surface area (Å²) in [6.07, 6.45) is 8.49. The topological polar surface area (TPSA) is 73.2 Å². The summed E-state index contributed by atoms with van der Waals surface area (Å²) >= 11 is 0. The Morgan fingerprint density at radius 3 is 2.05 bits per heavy atom. The molecule has 2 amide bonds. The summed E-state index contributed by atoms with van der Waals surface area (Å²) in [4.78, 5) is 30.9. The van der Waals surface area contributed by atoms with Crippen molar-refractivity contribution in [2.75, 3.05) is 47.5 Å². The molecule has 40 heavy (non-hydrogen) atoms. The minimum Gasteiger partial charge on any atom is -0.496 e. The number of methoxy groups -OCH3 is 3. The Morgan fingerprint density at radius 2 is 1.40 bits per heavy atom. The minimum atomic E-state index is 0.0212. The van der Waals surface area contributed by atoms with Crippen molar-refractivity contribution < 1.29 is 23.8 Å². The second kappa shape index (κ2) is 11.5. The van der Waals surface area contributed by atoms with Gasteiger partial charge in [-0.1, -0.05) is 12.1 Å². The molecule has 1 spiro atoms. The van der Waals surface area contributed by atoms with Gasteiger partial charge in [0.15, 0.2) is 11.5 Å². The summed E-state index contributed by atoms with van der Waals surface area (Å²) < 4.78 is 18.3. The van der Waals surface area contributed by atoms with Gasteiger partial charge >= 0.3 is 0 Å². The van der Waals surface area contributed by atoms with Gasteiger partial charge in [0.25, 0.3) is 5.91 Å². The molecule has 2 aliphatic heterocycles. The van der Waals surface area contributed by atoms with E-state index in [0.29, 0.717) is 48.0 Å². The number of rotatable bonds is 7. The summed E-state index contributed by atoms with van der Waals surface area (Å²) in [5, 5.41) is 0. The van der Waals surface area contributed by atoms with Crippen molar-refractivity contribution in [2.45, 2.75) is 26.2 Å². The van der Waals surface area contributed by atoms with Gasteiger partial charge < -0.3 is 28.6 Å². The van der Waals surface area contributed by atoms with Crippen LogP contribution in [0.25, 0.3) is 11.8 Å². The van der Waals surface area contributed by atoms with Crippen LogP contribution in [0.15, 0.2) is 66.5 Å². The predicted molar refractivity (Wildman–Crippen MR) is 154 cm³/mol. The van der Waals surface area contributed by atoms with Gasteiger partial charge in [0, 0.05) is 55.8 Å². The maximum atomic E-state index is 13.5. The lowest BCUT2D eigenvalue weighted by atomic mass is 9.77. The minimum absolute atomic E-state index is 0.0212. The maximum Gasteiger partial charge on any atom is 0.255 e. The van der Waals surface area contributed by atoms with Gasteiger partial charge in [-0.05, 0) is 68.0 Å². The zero-order valence-corrected chi connectivity index (χ0v) is 23.7. The van der Waals surface area contributed by atoms with Crippen molar-refractivity contribution in [3.63, 3.8) is 0 Å². The fourth-order valence-corrected chi connectivity index (χ4v) is 5.96. The lowest BCUT2D eigenvalue weighted by Gasteiger charge is -2.39. The first-order chi connectivity index (χ1) is 19.4. The summed E-state index contributed by atoms with van der Waals surface area (Å²) in [5.41, 5.74) is 3.05. The Labute approximate surface area is 235 Å². The lowest BCUT2D eigenvalue weighted by Crippen LogP contribution is -2.45. The molecule has 0 bridgehead atoms. The molecule has 0 unspecified atom stereocenters. The summed E-state index contributed by atoms with van der Waals surface area (Å²) in [6.45, 7) is 4.66. The number of ether oxygens (including phenoxy) is 3. The highest BCUT2D eigenvalue weighted by molar-refractivity contribution is 5.98. The Bertz CT molecular complexity index is 1400. The quantitative estimate of drug-likeness (QED) is 0.390. The van der Waals surface area contributed by atoms with E-state index in [1.54, 1.807) is 27.4 Å². The largest absolute Gasteiger partial charge is 0.496 e. The number of amides is 2. The second-order valence-corrected chi connectivity index (χ2v) is 10.7. The van der Waals surface area contributed by atoms with E-state index in [2.05, 4.69) is 0 Å². The highest BCUT2D eigenvalue weighted by Crippen LogP contribution is 2.41. The van der Waals surface area contributed by atoms with Crippen molar-refractivity contribution >= 4 is 17.9 Å². The predicted octanol–water partition coefficient (Wildman–Crippen LogP) is 5.06. The van der Waals surface area contributed by atoms with Crippen molar-refractivity contribution in [3.8, 4) is 22.9 Å². The molecular formula is C32H37N3O5. The highest BCUT2D eigenvalue weighted by atomic mass is 16.5. The van der Waals surface area contributed by atoms with E-state index in [9.17, 15) is 9.59 Å². The van der Waals surface area contributed by atoms with Gasteiger partial charge in [-0.2, -0.15) is 0 Å². The van der Waals surface area contributed by atoms with Gasteiger partial charge in [-0.15, -0.1) is 0 Å². The number of para-hydroxylation sites is 1. The van der Waals surface area contributed by atoms with E-state index >= 15 is 0 Å². The third-order valence-electron chi connectivity index (χ3n) is 8.30. The number of aromatic nitrogens is 1. The number of carbonyl (C=O) groups is 2. The molecule has 2 saturated heterocycles. The molecule has 210 valence electrons. The third kappa shape index (κ3) is 5.30. The standard InChI is InChI=1S/C32H37N3O5/c1-23(19-24-20-28(39-3)29(40-4)21-27(24)38-2)30(36)35-18-13-32(22-35)11-16-34(17-12-32)31(37)25-9-5-6-10-26(25)33-14-7-8-15-33/h5-10,14-15,19-21H,11-13,16-18,22H2,1-4H3/b23-19+. The first kappa shape index (κ1) is 27.4. The van der Waals surface area contributed by atoms with Crippen LogP contribution in [0.5, 0.6) is 17.2 Å². The van der Waals surface area contributed by atoms with Crippen molar-refractivity contribution in [3.05, 3.63) is 77.6 Å². The first-order valence-electron chi connectivity index (χ1n) is 13.7. The Hall–Kier alpha value is -4.20. The molecule has 8 nitrogen and oxygen atoms in total. The number of likely N-dealkylation sites (tertiary alicyclic amines) is 2. The molecule has 0 aliphatic carbocycles. The Morgan fingerprint density at radius 1 is 0.800 bits per heavy atom. The molecule has 8 heteroatoms. The number of nitrogens with zero attached hydrogens (tertiary/aromatic N) is 3. The van der Waals surface area contributed by atoms with Crippen LogP contribution in [0.3, 0.4) is 0 Å². The van der Waals surface area contributed by atoms with Crippen LogP contribution in [0, 0.1) is 5.41 Å². The molecule has 0 atom stereocenters. The van der Waals surface area contributed by atoms with Gasteiger partial charge in [-0.3, -0.25) is 9.59 Å². The normalized spacial score (nSPS) is 16.8. The van der Waals surface area contributed by atoms with E-state index in [4.69, 9.17) is 14.2 Å². The number of piperidine rings is 1. The second-order valence-electron chi connectivity index (χ2n) is 10.7. The van der Waals surface area contributed by atoms with E-state index < -0.39 is 0 Å². The zero-order valence-electron chi connectivity index (χ0n) is 23.7. The van der Waals surface area contributed by atoms with Crippen molar-refractivity contribution in [2.24, 2.45) is 5.41 Å². The third-order valence-corrected chi connectivity index (χ3v) is 8.30. The molecule has 0 N–H and O–H groups in total. The fraction of sp³-hybridized carbons (Fsp3) is 0.375. The SMILES string of the molecule is COc1cc(OC)c(OC)cc1/C=C(\C)C(=O)N1CCC2(CCN(C(=O)c3ccccc3-n3cccc3)CC2)C1. The zero-order chi connectivity index (χ0) is 28.3. The van der Waals surface area contributed by atoms with Crippen LogP contribution in [-0.2, 0) is 4.79 Å². The number of carbonyl (C=O) groups excluding carboxylic acids is 2. The molecular weight excluding hydrogens is 506 g/mol. The van der Waals surface area contributed by atoms with Gasteiger partial charge in [0.05, 0.1) is 32.6 Å². The number of hydrogen-bond donors (Lipinski definition) is 0. The fourth-order valence-electron chi connectivity index (χ4n) is 5.96. The average molecular weight is 544 g/mol. The molecule has 1 aromatic heterocycles. The summed E-state index contributed by atoms with van der Waals surface area (Å²) in [5.74, 6) is 1.84. The van der Waals surface area contributed by atoms with E-state index in [1.807, 2.05) is 82.2 Å². The highest BCUT2D eigenvalue weighted by Gasteiger charge is 2.43. The van der Waals surface area contributed by atoms with Gasteiger partial charge in [0.1, 0.15) is 5.75 Å². The van der Waals surface area contributed by atoms with Crippen LogP contribution in [0.4, 0.5) is 0 Å². The van der Waals surface area contributed by atoms with Crippen LogP contribution in [0.2, 0.25) is 0 Å². The van der Waals surface area contributed by atoms with Gasteiger partial charge in [-0.25, -0.2) is 0 Å². The molecule has 3 aromatic rings. The molecule has 2 fully saturated rings. The first-order valence-corrected chi connectivity index (χ1v) is 13.7. The molecule has 5 rings (SSSR count). The smallest absolute Gasteiger partial charge is 0.255 e. The van der Waals surface area contributed by atoms with Crippen LogP contribution < -0.4 is 14.2 Å². The van der Waals surface area contributed by atoms with E-state index in [1.165, 1.54) is 0 Å². The molecule has 3 heterocycles. The van der Waals surface area contributed by atoms with Crippen molar-refractivity contribution in [1.82, 2.24) is 14.4 Å². The maximum absolute atomic E-state index is 13.5. The summed E-state index contributed by atoms with van der Waals surface area (Å²) in [7, 11) is 4.75. The number of benzene rings is 2. The van der Waals surface area contributed by atoms with Crippen LogP contribution >= 0.6 is 0 Å².